The van der Waals surface area contributed by atoms with Gasteiger partial charge in [-0.25, -0.2) is 31.0 Å². The van der Waals surface area contributed by atoms with E-state index in [1.807, 2.05) is 32.0 Å². The van der Waals surface area contributed by atoms with E-state index in [0.29, 0.717) is 21.7 Å². The number of ether oxygens (including phenoxy) is 1. The standard InChI is InChI=1S/C30H31F4N3O3S2/c1-17(2)20-8-6-7-9-21(20)26-27(18-10-12-22(31)24(14-18)40-16-30(33,34)29(3,4)5)41-28(36-26)37-42(38,39)25-15-19(35)11-13-23(25)32/h6-15,17H,16,35H2,1-5H3,(H,36,37). The lowest BCUT2D eigenvalue weighted by atomic mass is 9.88. The second kappa shape index (κ2) is 11.6. The summed E-state index contributed by atoms with van der Waals surface area (Å²) in [5, 5.41) is -0.0913. The van der Waals surface area contributed by atoms with Gasteiger partial charge < -0.3 is 10.5 Å². The van der Waals surface area contributed by atoms with Crippen molar-refractivity contribution in [3.63, 3.8) is 0 Å². The van der Waals surface area contributed by atoms with Crippen LogP contribution in [0.4, 0.5) is 28.4 Å². The number of nitrogens with two attached hydrogens (primary N) is 1. The fraction of sp³-hybridized carbons (Fsp3) is 0.300. The largest absolute Gasteiger partial charge is 0.484 e. The Kier molecular flexibility index (Phi) is 8.62. The molecule has 12 heteroatoms. The minimum atomic E-state index is -4.44. The van der Waals surface area contributed by atoms with Crippen LogP contribution >= 0.6 is 11.3 Å². The summed E-state index contributed by atoms with van der Waals surface area (Å²) in [6.07, 6.45) is 0. The van der Waals surface area contributed by atoms with Crippen LogP contribution in [0.5, 0.6) is 5.75 Å². The first-order chi connectivity index (χ1) is 19.5. The molecule has 3 aromatic carbocycles. The predicted molar refractivity (Wildman–Crippen MR) is 159 cm³/mol. The second-order valence-corrected chi connectivity index (χ2v) is 13.8. The molecule has 1 heterocycles. The first-order valence-electron chi connectivity index (χ1n) is 13.0. The van der Waals surface area contributed by atoms with Crippen molar-refractivity contribution in [3.05, 3.63) is 77.9 Å². The average molecular weight is 622 g/mol. The van der Waals surface area contributed by atoms with Crippen LogP contribution in [0.15, 0.2) is 65.6 Å². The van der Waals surface area contributed by atoms with Gasteiger partial charge in [-0.05, 0) is 47.4 Å². The Hall–Kier alpha value is -3.64. The zero-order chi connectivity index (χ0) is 31.0. The summed E-state index contributed by atoms with van der Waals surface area (Å²) in [5.41, 5.74) is 6.64. The minimum absolute atomic E-state index is 0.0547. The van der Waals surface area contributed by atoms with Crippen LogP contribution in [0.1, 0.15) is 46.1 Å². The van der Waals surface area contributed by atoms with E-state index in [-0.39, 0.29) is 16.7 Å². The van der Waals surface area contributed by atoms with Crippen molar-refractivity contribution >= 4 is 32.2 Å². The Morgan fingerprint density at radius 1 is 1.00 bits per heavy atom. The molecule has 0 saturated carbocycles. The third-order valence-corrected chi connectivity index (χ3v) is 9.13. The van der Waals surface area contributed by atoms with Crippen molar-refractivity contribution in [2.45, 2.75) is 51.4 Å². The highest BCUT2D eigenvalue weighted by Crippen LogP contribution is 2.44. The van der Waals surface area contributed by atoms with Crippen LogP contribution in [-0.4, -0.2) is 25.9 Å². The van der Waals surface area contributed by atoms with Crippen molar-refractivity contribution < 1.29 is 30.7 Å². The summed E-state index contributed by atoms with van der Waals surface area (Å²) < 4.78 is 92.1. The highest BCUT2D eigenvalue weighted by atomic mass is 32.2. The number of nitrogens with one attached hydrogen (secondary N) is 1. The molecule has 42 heavy (non-hydrogen) atoms. The summed E-state index contributed by atoms with van der Waals surface area (Å²) in [6, 6.07) is 14.3. The van der Waals surface area contributed by atoms with Gasteiger partial charge in [0.1, 0.15) is 10.7 Å². The third-order valence-electron chi connectivity index (χ3n) is 6.63. The van der Waals surface area contributed by atoms with Crippen LogP contribution in [-0.2, 0) is 10.0 Å². The number of thiazole rings is 1. The summed E-state index contributed by atoms with van der Waals surface area (Å²) in [6.45, 7) is 7.00. The van der Waals surface area contributed by atoms with E-state index in [2.05, 4.69) is 9.71 Å². The molecule has 0 spiro atoms. The minimum Gasteiger partial charge on any atom is -0.484 e. The number of aromatic nitrogens is 1. The summed E-state index contributed by atoms with van der Waals surface area (Å²) in [5.74, 6) is -5.41. The molecular weight excluding hydrogens is 590 g/mol. The average Bonchev–Trinajstić information content (AvgIpc) is 3.31. The van der Waals surface area contributed by atoms with Gasteiger partial charge in [-0.15, -0.1) is 0 Å². The fourth-order valence-corrected chi connectivity index (χ4v) is 6.32. The number of hydrogen-bond acceptors (Lipinski definition) is 6. The first-order valence-corrected chi connectivity index (χ1v) is 15.3. The topological polar surface area (TPSA) is 94.3 Å². The van der Waals surface area contributed by atoms with E-state index in [9.17, 15) is 26.0 Å². The third kappa shape index (κ3) is 6.54. The number of nitrogen functional groups attached to an aromatic ring is 1. The van der Waals surface area contributed by atoms with Gasteiger partial charge in [0.25, 0.3) is 15.9 Å². The first kappa shape index (κ1) is 31.3. The van der Waals surface area contributed by atoms with E-state index in [1.165, 1.54) is 39.0 Å². The van der Waals surface area contributed by atoms with Crippen LogP contribution in [0.3, 0.4) is 0 Å². The molecule has 0 aliphatic heterocycles. The Bertz CT molecular complexity index is 1720. The van der Waals surface area contributed by atoms with Gasteiger partial charge in [0.05, 0.1) is 10.6 Å². The van der Waals surface area contributed by atoms with Crippen molar-refractivity contribution in [1.82, 2.24) is 4.98 Å². The van der Waals surface area contributed by atoms with Crippen LogP contribution < -0.4 is 15.2 Å². The maximum Gasteiger partial charge on any atom is 0.286 e. The van der Waals surface area contributed by atoms with Gasteiger partial charge in [0.2, 0.25) is 0 Å². The molecule has 0 unspecified atom stereocenters. The number of rotatable bonds is 9. The van der Waals surface area contributed by atoms with E-state index in [1.54, 1.807) is 6.07 Å². The van der Waals surface area contributed by atoms with Gasteiger partial charge in [0.15, 0.2) is 23.3 Å². The second-order valence-electron chi connectivity index (χ2n) is 11.1. The predicted octanol–water partition coefficient (Wildman–Crippen LogP) is 8.32. The monoisotopic (exact) mass is 621 g/mol. The molecule has 0 amide bonds. The maximum absolute atomic E-state index is 14.7. The SMILES string of the molecule is CC(C)c1ccccc1-c1nc(NS(=O)(=O)c2cc(N)ccc2F)sc1-c1ccc(F)c(OCC(F)(F)C(C)(C)C)c1. The lowest BCUT2D eigenvalue weighted by Gasteiger charge is -2.30. The molecule has 0 bridgehead atoms. The molecule has 4 rings (SSSR count). The van der Waals surface area contributed by atoms with E-state index in [4.69, 9.17) is 10.5 Å². The van der Waals surface area contributed by atoms with Crippen molar-refractivity contribution in [2.24, 2.45) is 5.41 Å². The molecule has 4 aromatic rings. The quantitative estimate of drug-likeness (QED) is 0.145. The summed E-state index contributed by atoms with van der Waals surface area (Å²) in [4.78, 5) is 4.32. The van der Waals surface area contributed by atoms with Gasteiger partial charge in [-0.3, -0.25) is 4.72 Å². The van der Waals surface area contributed by atoms with Crippen molar-refractivity contribution in [1.29, 1.82) is 0 Å². The molecule has 0 radical (unpaired) electrons. The van der Waals surface area contributed by atoms with Crippen LogP contribution in [0.25, 0.3) is 21.7 Å². The van der Waals surface area contributed by atoms with Crippen LogP contribution in [0, 0.1) is 17.0 Å². The van der Waals surface area contributed by atoms with Crippen molar-refractivity contribution in [3.8, 4) is 27.4 Å². The number of hydrogen-bond donors (Lipinski definition) is 2. The molecule has 1 aromatic heterocycles. The maximum atomic E-state index is 14.7. The molecule has 6 nitrogen and oxygen atoms in total. The summed E-state index contributed by atoms with van der Waals surface area (Å²) in [7, 11) is -4.44. The molecule has 224 valence electrons. The lowest BCUT2D eigenvalue weighted by molar-refractivity contribution is -0.123. The number of anilines is 2. The number of halogens is 4. The van der Waals surface area contributed by atoms with E-state index >= 15 is 0 Å². The Labute approximate surface area is 246 Å². The summed E-state index contributed by atoms with van der Waals surface area (Å²) >= 11 is 0.921. The molecule has 0 saturated heterocycles. The van der Waals surface area contributed by atoms with Gasteiger partial charge >= 0.3 is 0 Å². The normalized spacial score (nSPS) is 12.5. The molecular formula is C30H31F4N3O3S2. The molecule has 0 fully saturated rings. The molecule has 0 atom stereocenters. The smallest absolute Gasteiger partial charge is 0.286 e. The zero-order valence-corrected chi connectivity index (χ0v) is 25.3. The Morgan fingerprint density at radius 3 is 2.33 bits per heavy atom. The molecule has 0 aliphatic carbocycles. The van der Waals surface area contributed by atoms with Gasteiger partial charge in [-0.1, -0.05) is 76.3 Å². The van der Waals surface area contributed by atoms with E-state index < -0.39 is 50.2 Å². The van der Waals surface area contributed by atoms with Crippen molar-refractivity contribution in [2.75, 3.05) is 17.1 Å². The zero-order valence-electron chi connectivity index (χ0n) is 23.6. The van der Waals surface area contributed by atoms with Gasteiger partial charge in [-0.2, -0.15) is 0 Å². The molecule has 0 aliphatic rings. The lowest BCUT2D eigenvalue weighted by Crippen LogP contribution is -2.39. The number of alkyl halides is 2. The molecule has 3 N–H and O–H groups in total. The highest BCUT2D eigenvalue weighted by molar-refractivity contribution is 7.93. The van der Waals surface area contributed by atoms with Crippen LogP contribution in [0.2, 0.25) is 0 Å². The number of nitrogens with zero attached hydrogens (tertiary/aromatic N) is 1. The Morgan fingerprint density at radius 2 is 1.67 bits per heavy atom. The van der Waals surface area contributed by atoms with E-state index in [0.717, 1.165) is 35.1 Å². The van der Waals surface area contributed by atoms with Gasteiger partial charge in [0, 0.05) is 16.7 Å². The fourth-order valence-electron chi connectivity index (χ4n) is 3.99. The highest BCUT2D eigenvalue weighted by Gasteiger charge is 2.44. The number of benzene rings is 3. The Balaban J connectivity index is 1.83. The number of sulfonamides is 1.